The van der Waals surface area contributed by atoms with Crippen LogP contribution in [0.25, 0.3) is 0 Å². The number of pyridine rings is 1. The molecule has 168 valence electrons. The van der Waals surface area contributed by atoms with Gasteiger partial charge in [0.05, 0.1) is 12.1 Å². The summed E-state index contributed by atoms with van der Waals surface area (Å²) in [6.07, 6.45) is 3.28. The maximum absolute atomic E-state index is 12.3. The van der Waals surface area contributed by atoms with Crippen LogP contribution in [0.2, 0.25) is 5.02 Å². The molecule has 2 aromatic carbocycles. The van der Waals surface area contributed by atoms with Crippen molar-refractivity contribution in [2.75, 3.05) is 19.0 Å². The summed E-state index contributed by atoms with van der Waals surface area (Å²) in [4.78, 5) is 16.2. The molecule has 0 fully saturated rings. The SMILES string of the molecule is COc1ccc(NC(=O)CCNS(=O)(=O)c2ccccc2Cl)cc1OCc1ccncc1. The van der Waals surface area contributed by atoms with Crippen LogP contribution in [0.3, 0.4) is 0 Å². The normalized spacial score (nSPS) is 11.1. The Morgan fingerprint density at radius 3 is 2.53 bits per heavy atom. The monoisotopic (exact) mass is 475 g/mol. The van der Waals surface area contributed by atoms with Gasteiger partial charge in [0, 0.05) is 37.1 Å². The lowest BCUT2D eigenvalue weighted by Crippen LogP contribution is -2.28. The Balaban J connectivity index is 1.57. The van der Waals surface area contributed by atoms with Gasteiger partial charge in [0.1, 0.15) is 11.5 Å². The van der Waals surface area contributed by atoms with Crippen LogP contribution >= 0.6 is 11.6 Å². The minimum atomic E-state index is -3.81. The van der Waals surface area contributed by atoms with Crippen LogP contribution in [-0.4, -0.2) is 33.0 Å². The number of nitrogens with one attached hydrogen (secondary N) is 2. The molecule has 10 heteroatoms. The first-order valence-electron chi connectivity index (χ1n) is 9.63. The molecule has 0 aliphatic rings. The van der Waals surface area contributed by atoms with Crippen LogP contribution in [0.5, 0.6) is 11.5 Å². The standard InChI is InChI=1S/C22H22ClN3O5S/c1-30-19-7-6-17(14-20(19)31-15-16-8-11-24-12-9-16)26-22(27)10-13-25-32(28,29)21-5-3-2-4-18(21)23/h2-9,11-12,14,25H,10,13,15H2,1H3,(H,26,27). The number of hydrogen-bond donors (Lipinski definition) is 2. The Kier molecular flexibility index (Phi) is 8.04. The van der Waals surface area contributed by atoms with Crippen LogP contribution < -0.4 is 19.5 Å². The van der Waals surface area contributed by atoms with Gasteiger partial charge >= 0.3 is 0 Å². The third kappa shape index (κ3) is 6.43. The third-order valence-corrected chi connectivity index (χ3v) is 6.32. The van der Waals surface area contributed by atoms with Crippen LogP contribution in [-0.2, 0) is 21.4 Å². The van der Waals surface area contributed by atoms with Gasteiger partial charge < -0.3 is 14.8 Å². The molecule has 8 nitrogen and oxygen atoms in total. The summed E-state index contributed by atoms with van der Waals surface area (Å²) < 4.78 is 38.2. The van der Waals surface area contributed by atoms with E-state index in [4.69, 9.17) is 21.1 Å². The fraction of sp³-hybridized carbons (Fsp3) is 0.182. The lowest BCUT2D eigenvalue weighted by Gasteiger charge is -2.13. The minimum Gasteiger partial charge on any atom is -0.493 e. The summed E-state index contributed by atoms with van der Waals surface area (Å²) in [6.45, 7) is 0.223. The number of sulfonamides is 1. The van der Waals surface area contributed by atoms with E-state index in [1.807, 2.05) is 12.1 Å². The Hall–Kier alpha value is -3.14. The molecule has 2 N–H and O–H groups in total. The molecule has 3 aromatic rings. The van der Waals surface area contributed by atoms with E-state index < -0.39 is 10.0 Å². The first-order chi connectivity index (χ1) is 15.4. The van der Waals surface area contributed by atoms with Gasteiger partial charge in [-0.1, -0.05) is 23.7 Å². The Morgan fingerprint density at radius 2 is 1.81 bits per heavy atom. The van der Waals surface area contributed by atoms with E-state index in [1.165, 1.54) is 19.2 Å². The highest BCUT2D eigenvalue weighted by Crippen LogP contribution is 2.31. The van der Waals surface area contributed by atoms with E-state index in [-0.39, 0.29) is 28.8 Å². The fourth-order valence-electron chi connectivity index (χ4n) is 2.77. The second-order valence-electron chi connectivity index (χ2n) is 6.64. The van der Waals surface area contributed by atoms with Crippen molar-refractivity contribution in [3.63, 3.8) is 0 Å². The van der Waals surface area contributed by atoms with Gasteiger partial charge in [0.2, 0.25) is 15.9 Å². The zero-order valence-electron chi connectivity index (χ0n) is 17.2. The number of nitrogens with zero attached hydrogens (tertiary/aromatic N) is 1. The van der Waals surface area contributed by atoms with Crippen LogP contribution in [0.15, 0.2) is 71.9 Å². The number of rotatable bonds is 10. The number of hydrogen-bond acceptors (Lipinski definition) is 6. The van der Waals surface area contributed by atoms with Crippen molar-refractivity contribution in [2.45, 2.75) is 17.9 Å². The number of carbonyl (C=O) groups is 1. The summed E-state index contributed by atoms with van der Waals surface area (Å²) >= 11 is 5.94. The van der Waals surface area contributed by atoms with Gasteiger partial charge in [0.25, 0.3) is 0 Å². The molecule has 0 bridgehead atoms. The molecular formula is C22H22ClN3O5S. The van der Waals surface area contributed by atoms with Crippen molar-refractivity contribution in [1.82, 2.24) is 9.71 Å². The first-order valence-corrected chi connectivity index (χ1v) is 11.5. The Labute approximate surface area is 191 Å². The molecule has 1 aromatic heterocycles. The average Bonchev–Trinajstić information content (AvgIpc) is 2.78. The summed E-state index contributed by atoms with van der Waals surface area (Å²) in [5.74, 6) is 0.614. The van der Waals surface area contributed by atoms with Gasteiger partial charge in [-0.15, -0.1) is 0 Å². The third-order valence-electron chi connectivity index (χ3n) is 4.36. The molecule has 0 radical (unpaired) electrons. The maximum Gasteiger partial charge on any atom is 0.242 e. The van der Waals surface area contributed by atoms with E-state index in [1.54, 1.807) is 42.7 Å². The highest BCUT2D eigenvalue weighted by atomic mass is 35.5. The fourth-order valence-corrected chi connectivity index (χ4v) is 4.32. The van der Waals surface area contributed by atoms with Crippen molar-refractivity contribution in [1.29, 1.82) is 0 Å². The van der Waals surface area contributed by atoms with E-state index >= 15 is 0 Å². The molecule has 32 heavy (non-hydrogen) atoms. The number of ether oxygens (including phenoxy) is 2. The number of benzene rings is 2. The number of amides is 1. The number of halogens is 1. The maximum atomic E-state index is 12.3. The lowest BCUT2D eigenvalue weighted by atomic mass is 10.2. The van der Waals surface area contributed by atoms with Crippen molar-refractivity contribution in [2.24, 2.45) is 0 Å². The van der Waals surface area contributed by atoms with Crippen LogP contribution in [0.4, 0.5) is 5.69 Å². The van der Waals surface area contributed by atoms with E-state index in [9.17, 15) is 13.2 Å². The van der Waals surface area contributed by atoms with Gasteiger partial charge in [0.15, 0.2) is 11.5 Å². The highest BCUT2D eigenvalue weighted by Gasteiger charge is 2.17. The van der Waals surface area contributed by atoms with E-state index in [0.717, 1.165) is 5.56 Å². The van der Waals surface area contributed by atoms with Gasteiger partial charge in [-0.2, -0.15) is 0 Å². The van der Waals surface area contributed by atoms with Gasteiger partial charge in [-0.25, -0.2) is 13.1 Å². The Bertz CT molecular complexity index is 1170. The number of carbonyl (C=O) groups excluding carboxylic acids is 1. The second-order valence-corrected chi connectivity index (χ2v) is 8.78. The van der Waals surface area contributed by atoms with Crippen molar-refractivity contribution < 1.29 is 22.7 Å². The highest BCUT2D eigenvalue weighted by molar-refractivity contribution is 7.89. The minimum absolute atomic E-state index is 0.0341. The predicted molar refractivity (Wildman–Crippen MR) is 121 cm³/mol. The molecule has 0 atom stereocenters. The largest absolute Gasteiger partial charge is 0.493 e. The molecule has 0 aliphatic carbocycles. The second kappa shape index (κ2) is 10.9. The average molecular weight is 476 g/mol. The first kappa shape index (κ1) is 23.5. The number of aromatic nitrogens is 1. The topological polar surface area (TPSA) is 107 Å². The van der Waals surface area contributed by atoms with E-state index in [0.29, 0.717) is 23.8 Å². The van der Waals surface area contributed by atoms with Crippen molar-refractivity contribution in [3.05, 3.63) is 77.6 Å². The van der Waals surface area contributed by atoms with Crippen LogP contribution in [0, 0.1) is 0 Å². The zero-order chi connectivity index (χ0) is 23.0. The molecule has 0 aliphatic heterocycles. The molecule has 0 unspecified atom stereocenters. The lowest BCUT2D eigenvalue weighted by molar-refractivity contribution is -0.116. The summed E-state index contributed by atoms with van der Waals surface area (Å²) in [7, 11) is -2.29. The summed E-state index contributed by atoms with van der Waals surface area (Å²) in [5, 5.41) is 2.84. The van der Waals surface area contributed by atoms with Crippen LogP contribution in [0.1, 0.15) is 12.0 Å². The molecular weight excluding hydrogens is 454 g/mol. The molecule has 1 heterocycles. The Morgan fingerprint density at radius 1 is 1.06 bits per heavy atom. The molecule has 0 spiro atoms. The summed E-state index contributed by atoms with van der Waals surface area (Å²) in [5.41, 5.74) is 1.43. The molecule has 0 saturated heterocycles. The molecule has 1 amide bonds. The van der Waals surface area contributed by atoms with Gasteiger partial charge in [-0.05, 0) is 42.0 Å². The van der Waals surface area contributed by atoms with Crippen molar-refractivity contribution >= 4 is 33.2 Å². The molecule has 0 saturated carbocycles. The van der Waals surface area contributed by atoms with Crippen molar-refractivity contribution in [3.8, 4) is 11.5 Å². The quantitative estimate of drug-likeness (QED) is 0.463. The summed E-state index contributed by atoms with van der Waals surface area (Å²) in [6, 6.07) is 14.8. The number of anilines is 1. The predicted octanol–water partition coefficient (Wildman–Crippen LogP) is 3.63. The van der Waals surface area contributed by atoms with E-state index in [2.05, 4.69) is 15.0 Å². The van der Waals surface area contributed by atoms with Gasteiger partial charge in [-0.3, -0.25) is 9.78 Å². The molecule has 3 rings (SSSR count). The zero-order valence-corrected chi connectivity index (χ0v) is 18.8. The number of methoxy groups -OCH3 is 1. The smallest absolute Gasteiger partial charge is 0.242 e.